The molecule has 0 radical (unpaired) electrons. The van der Waals surface area contributed by atoms with Crippen LogP contribution in [-0.2, 0) is 19.1 Å². The predicted molar refractivity (Wildman–Crippen MR) is 108 cm³/mol. The molecule has 3 rings (SSSR count). The SMILES string of the molecule is O=C(COC(=O)C1CCOCC1)Nc1ccc(Sc2ccc(Br)cc2)cc1. The largest absolute Gasteiger partial charge is 0.455 e. The number of anilines is 1. The van der Waals surface area contributed by atoms with Crippen molar-refractivity contribution in [1.29, 1.82) is 0 Å². The van der Waals surface area contributed by atoms with Crippen LogP contribution in [0, 0.1) is 5.92 Å². The molecule has 1 aliphatic heterocycles. The fourth-order valence-corrected chi connectivity index (χ4v) is 3.71. The molecule has 0 aliphatic carbocycles. The molecule has 1 N–H and O–H groups in total. The van der Waals surface area contributed by atoms with Gasteiger partial charge in [0.05, 0.1) is 5.92 Å². The zero-order chi connectivity index (χ0) is 19.1. The molecule has 0 unspecified atom stereocenters. The van der Waals surface area contributed by atoms with E-state index in [-0.39, 0.29) is 24.4 Å². The fourth-order valence-electron chi connectivity index (χ4n) is 2.63. The third kappa shape index (κ3) is 6.37. The summed E-state index contributed by atoms with van der Waals surface area (Å²) in [5, 5.41) is 2.74. The van der Waals surface area contributed by atoms with Crippen LogP contribution in [0.2, 0.25) is 0 Å². The van der Waals surface area contributed by atoms with Gasteiger partial charge in [0.1, 0.15) is 0 Å². The van der Waals surface area contributed by atoms with Gasteiger partial charge in [-0.05, 0) is 61.4 Å². The molecule has 1 heterocycles. The highest BCUT2D eigenvalue weighted by Crippen LogP contribution is 2.29. The van der Waals surface area contributed by atoms with Gasteiger partial charge in [-0.3, -0.25) is 9.59 Å². The first kappa shape index (κ1) is 19.9. The highest BCUT2D eigenvalue weighted by Gasteiger charge is 2.23. The van der Waals surface area contributed by atoms with Gasteiger partial charge in [0.2, 0.25) is 0 Å². The molecule has 5 nitrogen and oxygen atoms in total. The Morgan fingerprint density at radius 3 is 2.26 bits per heavy atom. The first-order valence-corrected chi connectivity index (χ1v) is 10.3. The second-order valence-corrected chi connectivity index (χ2v) is 8.19. The normalized spacial score (nSPS) is 14.6. The predicted octanol–water partition coefficient (Wildman–Crippen LogP) is 4.51. The number of carbonyl (C=O) groups excluding carboxylic acids is 2. The van der Waals surface area contributed by atoms with Gasteiger partial charge in [0.15, 0.2) is 6.61 Å². The molecule has 0 spiro atoms. The number of ether oxygens (including phenoxy) is 2. The van der Waals surface area contributed by atoms with Crippen LogP contribution in [0.4, 0.5) is 5.69 Å². The smallest absolute Gasteiger partial charge is 0.309 e. The molecular formula is C20H20BrNO4S. The van der Waals surface area contributed by atoms with Crippen molar-refractivity contribution in [3.63, 3.8) is 0 Å². The number of hydrogen-bond acceptors (Lipinski definition) is 5. The van der Waals surface area contributed by atoms with Crippen molar-refractivity contribution < 1.29 is 19.1 Å². The molecule has 27 heavy (non-hydrogen) atoms. The van der Waals surface area contributed by atoms with E-state index in [4.69, 9.17) is 9.47 Å². The summed E-state index contributed by atoms with van der Waals surface area (Å²) in [5.41, 5.74) is 0.669. The second kappa shape index (κ2) is 9.92. The Morgan fingerprint density at radius 1 is 1.04 bits per heavy atom. The molecule has 0 aromatic heterocycles. The Morgan fingerprint density at radius 2 is 1.63 bits per heavy atom. The molecular weight excluding hydrogens is 430 g/mol. The number of rotatable bonds is 6. The Balaban J connectivity index is 1.45. The summed E-state index contributed by atoms with van der Waals surface area (Å²) < 4.78 is 11.4. The van der Waals surface area contributed by atoms with E-state index in [1.54, 1.807) is 11.8 Å². The number of benzene rings is 2. The molecule has 0 atom stereocenters. The number of carbonyl (C=O) groups is 2. The highest BCUT2D eigenvalue weighted by molar-refractivity contribution is 9.10. The average molecular weight is 450 g/mol. The van der Waals surface area contributed by atoms with Gasteiger partial charge in [-0.1, -0.05) is 27.7 Å². The molecule has 2 aromatic rings. The number of nitrogens with one attached hydrogen (secondary N) is 1. The molecule has 2 aromatic carbocycles. The maximum absolute atomic E-state index is 12.0. The van der Waals surface area contributed by atoms with E-state index in [1.165, 1.54) is 0 Å². The van der Waals surface area contributed by atoms with Gasteiger partial charge in [-0.15, -0.1) is 0 Å². The minimum atomic E-state index is -0.344. The van der Waals surface area contributed by atoms with Gasteiger partial charge in [-0.2, -0.15) is 0 Å². The Kier molecular flexibility index (Phi) is 7.32. The van der Waals surface area contributed by atoms with E-state index < -0.39 is 0 Å². The van der Waals surface area contributed by atoms with Crippen molar-refractivity contribution >= 4 is 45.3 Å². The van der Waals surface area contributed by atoms with Crippen LogP contribution < -0.4 is 5.32 Å². The van der Waals surface area contributed by atoms with Crippen LogP contribution in [0.25, 0.3) is 0 Å². The quantitative estimate of drug-likeness (QED) is 0.657. The minimum Gasteiger partial charge on any atom is -0.455 e. The van der Waals surface area contributed by atoms with Crippen LogP contribution in [0.1, 0.15) is 12.8 Å². The lowest BCUT2D eigenvalue weighted by Crippen LogP contribution is -2.28. The Bertz CT molecular complexity index is 774. The van der Waals surface area contributed by atoms with E-state index in [0.29, 0.717) is 31.7 Å². The van der Waals surface area contributed by atoms with Crippen LogP contribution in [0.3, 0.4) is 0 Å². The lowest BCUT2D eigenvalue weighted by atomic mass is 10.0. The molecule has 7 heteroatoms. The fraction of sp³-hybridized carbons (Fsp3) is 0.300. The lowest BCUT2D eigenvalue weighted by Gasteiger charge is -2.20. The number of halogens is 1. The topological polar surface area (TPSA) is 64.6 Å². The molecule has 1 saturated heterocycles. The van der Waals surface area contributed by atoms with Gasteiger partial charge >= 0.3 is 5.97 Å². The number of hydrogen-bond donors (Lipinski definition) is 1. The Labute approximate surface area is 170 Å². The molecule has 0 bridgehead atoms. The zero-order valence-electron chi connectivity index (χ0n) is 14.7. The van der Waals surface area contributed by atoms with Crippen LogP contribution in [0.15, 0.2) is 62.8 Å². The van der Waals surface area contributed by atoms with E-state index in [2.05, 4.69) is 21.2 Å². The molecule has 0 saturated carbocycles. The van der Waals surface area contributed by atoms with Crippen molar-refractivity contribution in [3.8, 4) is 0 Å². The van der Waals surface area contributed by atoms with E-state index >= 15 is 0 Å². The van der Waals surface area contributed by atoms with Gasteiger partial charge < -0.3 is 14.8 Å². The van der Waals surface area contributed by atoms with E-state index in [9.17, 15) is 9.59 Å². The number of amides is 1. The molecule has 1 aliphatic rings. The van der Waals surface area contributed by atoms with Crippen molar-refractivity contribution in [2.24, 2.45) is 5.92 Å². The summed E-state index contributed by atoms with van der Waals surface area (Å²) in [5.74, 6) is -0.833. The van der Waals surface area contributed by atoms with Crippen LogP contribution in [-0.4, -0.2) is 31.7 Å². The maximum atomic E-state index is 12.0. The first-order valence-electron chi connectivity index (χ1n) is 8.68. The molecule has 1 fully saturated rings. The maximum Gasteiger partial charge on any atom is 0.309 e. The second-order valence-electron chi connectivity index (χ2n) is 6.12. The van der Waals surface area contributed by atoms with E-state index in [0.717, 1.165) is 14.3 Å². The molecule has 1 amide bonds. The minimum absolute atomic E-state index is 0.165. The third-order valence-electron chi connectivity index (χ3n) is 4.09. The first-order chi connectivity index (χ1) is 13.1. The van der Waals surface area contributed by atoms with Crippen molar-refractivity contribution in [3.05, 3.63) is 53.0 Å². The Hall–Kier alpha value is -1.83. The van der Waals surface area contributed by atoms with Crippen molar-refractivity contribution in [2.75, 3.05) is 25.1 Å². The van der Waals surface area contributed by atoms with Crippen molar-refractivity contribution in [2.45, 2.75) is 22.6 Å². The zero-order valence-corrected chi connectivity index (χ0v) is 17.1. The third-order valence-corrected chi connectivity index (χ3v) is 5.63. The highest BCUT2D eigenvalue weighted by atomic mass is 79.9. The summed E-state index contributed by atoms with van der Waals surface area (Å²) in [4.78, 5) is 26.1. The van der Waals surface area contributed by atoms with E-state index in [1.807, 2.05) is 48.5 Å². The monoisotopic (exact) mass is 449 g/mol. The van der Waals surface area contributed by atoms with Gasteiger partial charge in [0.25, 0.3) is 5.91 Å². The summed E-state index contributed by atoms with van der Waals surface area (Å²) in [6.45, 7) is 0.860. The lowest BCUT2D eigenvalue weighted by molar-refractivity contribution is -0.154. The number of esters is 1. The van der Waals surface area contributed by atoms with Crippen LogP contribution in [0.5, 0.6) is 0 Å². The average Bonchev–Trinajstić information content (AvgIpc) is 2.70. The standard InChI is InChI=1S/C20H20BrNO4S/c21-15-1-5-17(6-2-15)27-18-7-3-16(4-8-18)22-19(23)13-26-20(24)14-9-11-25-12-10-14/h1-8,14H,9-13H2,(H,22,23). The summed E-state index contributed by atoms with van der Waals surface area (Å²) in [7, 11) is 0. The van der Waals surface area contributed by atoms with Crippen molar-refractivity contribution in [1.82, 2.24) is 0 Å². The van der Waals surface area contributed by atoms with Gasteiger partial charge in [-0.25, -0.2) is 0 Å². The summed E-state index contributed by atoms with van der Waals surface area (Å²) >= 11 is 5.06. The summed E-state index contributed by atoms with van der Waals surface area (Å²) in [6, 6.07) is 15.6. The summed E-state index contributed by atoms with van der Waals surface area (Å²) in [6.07, 6.45) is 1.30. The van der Waals surface area contributed by atoms with Crippen LogP contribution >= 0.6 is 27.7 Å². The van der Waals surface area contributed by atoms with Gasteiger partial charge in [0, 0.05) is 33.2 Å². The molecule has 142 valence electrons.